The van der Waals surface area contributed by atoms with E-state index in [1.54, 1.807) is 60.8 Å². The standard InChI is InChI=1S/C32H30N4O5S2/c1-3-41-29(38)18-25-19-43-32(34-25)36-28(37)20-42-26-15-9-14-24(17-26)33-31(40)27(16-23-13-8-7-10-21(23)2)35-30(39)22-11-5-4-6-12-22/h4-17,19H,3,18,20H2,1-2H3,(H,33,40)(H,35,39)(H,34,36,37)/b27-16-. The molecule has 4 rings (SSSR count). The van der Waals surface area contributed by atoms with E-state index in [0.29, 0.717) is 28.7 Å². The lowest BCUT2D eigenvalue weighted by Gasteiger charge is -2.13. The largest absolute Gasteiger partial charge is 0.466 e. The molecule has 0 fully saturated rings. The van der Waals surface area contributed by atoms with E-state index in [9.17, 15) is 19.2 Å². The third-order valence-electron chi connectivity index (χ3n) is 5.91. The van der Waals surface area contributed by atoms with Gasteiger partial charge in [-0.25, -0.2) is 4.98 Å². The number of esters is 1. The van der Waals surface area contributed by atoms with Gasteiger partial charge in [-0.1, -0.05) is 48.5 Å². The molecule has 0 radical (unpaired) electrons. The third kappa shape index (κ3) is 9.66. The molecule has 0 saturated carbocycles. The van der Waals surface area contributed by atoms with Crippen LogP contribution in [0.2, 0.25) is 0 Å². The number of hydrogen-bond donors (Lipinski definition) is 3. The molecule has 0 bridgehead atoms. The number of ether oxygens (including phenoxy) is 1. The van der Waals surface area contributed by atoms with Crippen molar-refractivity contribution in [3.05, 3.63) is 112 Å². The minimum absolute atomic E-state index is 0.0469. The summed E-state index contributed by atoms with van der Waals surface area (Å²) in [5.74, 6) is -1.42. The number of carbonyl (C=O) groups is 4. The highest BCUT2D eigenvalue weighted by Crippen LogP contribution is 2.23. The van der Waals surface area contributed by atoms with Crippen LogP contribution in [0.5, 0.6) is 0 Å². The Labute approximate surface area is 257 Å². The average molecular weight is 615 g/mol. The second-order valence-electron chi connectivity index (χ2n) is 9.18. The topological polar surface area (TPSA) is 126 Å². The summed E-state index contributed by atoms with van der Waals surface area (Å²) >= 11 is 2.52. The third-order valence-corrected chi connectivity index (χ3v) is 7.71. The minimum atomic E-state index is -0.491. The predicted octanol–water partition coefficient (Wildman–Crippen LogP) is 5.70. The molecular formula is C32H30N4O5S2. The number of aryl methyl sites for hydroxylation is 1. The van der Waals surface area contributed by atoms with Crippen LogP contribution in [-0.2, 0) is 25.5 Å². The van der Waals surface area contributed by atoms with Gasteiger partial charge in [0.15, 0.2) is 5.13 Å². The quantitative estimate of drug-likeness (QED) is 0.106. The molecule has 0 spiro atoms. The van der Waals surface area contributed by atoms with Crippen molar-refractivity contribution >= 4 is 63.7 Å². The summed E-state index contributed by atoms with van der Waals surface area (Å²) in [6.07, 6.45) is 1.69. The van der Waals surface area contributed by atoms with Crippen LogP contribution in [0.25, 0.3) is 6.08 Å². The van der Waals surface area contributed by atoms with Crippen LogP contribution < -0.4 is 16.0 Å². The Morgan fingerprint density at radius 3 is 2.49 bits per heavy atom. The fraction of sp³-hybridized carbons (Fsp3) is 0.156. The molecule has 0 saturated heterocycles. The molecule has 43 heavy (non-hydrogen) atoms. The number of aromatic nitrogens is 1. The van der Waals surface area contributed by atoms with Crippen LogP contribution >= 0.6 is 23.1 Å². The van der Waals surface area contributed by atoms with Crippen LogP contribution in [0.1, 0.15) is 34.1 Å². The van der Waals surface area contributed by atoms with Crippen molar-refractivity contribution < 1.29 is 23.9 Å². The minimum Gasteiger partial charge on any atom is -0.466 e. The number of thioether (sulfide) groups is 1. The van der Waals surface area contributed by atoms with Gasteiger partial charge >= 0.3 is 5.97 Å². The summed E-state index contributed by atoms with van der Waals surface area (Å²) < 4.78 is 4.92. The average Bonchev–Trinajstić information content (AvgIpc) is 3.43. The summed E-state index contributed by atoms with van der Waals surface area (Å²) in [5.41, 5.74) is 3.30. The Kier molecular flexibility index (Phi) is 11.2. The molecule has 1 heterocycles. The zero-order chi connectivity index (χ0) is 30.6. The molecule has 11 heteroatoms. The first-order valence-electron chi connectivity index (χ1n) is 13.4. The van der Waals surface area contributed by atoms with Crippen LogP contribution in [0, 0.1) is 6.92 Å². The fourth-order valence-electron chi connectivity index (χ4n) is 3.82. The highest BCUT2D eigenvalue weighted by Gasteiger charge is 2.16. The molecule has 0 atom stereocenters. The first-order valence-corrected chi connectivity index (χ1v) is 15.2. The number of nitrogens with one attached hydrogen (secondary N) is 3. The smallest absolute Gasteiger partial charge is 0.311 e. The second kappa shape index (κ2) is 15.5. The number of rotatable bonds is 12. The molecule has 4 aromatic rings. The summed E-state index contributed by atoms with van der Waals surface area (Å²) in [7, 11) is 0. The van der Waals surface area contributed by atoms with Crippen molar-refractivity contribution in [3.63, 3.8) is 0 Å². The lowest BCUT2D eigenvalue weighted by atomic mass is 10.1. The summed E-state index contributed by atoms with van der Waals surface area (Å²) in [6.45, 7) is 3.96. The Morgan fingerprint density at radius 1 is 0.953 bits per heavy atom. The Morgan fingerprint density at radius 2 is 1.72 bits per heavy atom. The van der Waals surface area contributed by atoms with Gasteiger partial charge in [0.1, 0.15) is 5.70 Å². The molecule has 9 nitrogen and oxygen atoms in total. The Bertz CT molecular complexity index is 1640. The van der Waals surface area contributed by atoms with Crippen molar-refractivity contribution in [3.8, 4) is 0 Å². The number of nitrogens with zero attached hydrogens (tertiary/aromatic N) is 1. The molecule has 1 aromatic heterocycles. The zero-order valence-electron chi connectivity index (χ0n) is 23.6. The van der Waals surface area contributed by atoms with Gasteiger partial charge in [-0.15, -0.1) is 23.1 Å². The molecule has 0 aliphatic carbocycles. The number of hydrogen-bond acceptors (Lipinski definition) is 8. The van der Waals surface area contributed by atoms with Gasteiger partial charge < -0.3 is 20.7 Å². The van der Waals surface area contributed by atoms with E-state index in [1.165, 1.54) is 23.1 Å². The van der Waals surface area contributed by atoms with E-state index in [1.807, 2.05) is 43.3 Å². The van der Waals surface area contributed by atoms with Gasteiger partial charge in [0.05, 0.1) is 24.5 Å². The molecule has 0 aliphatic heterocycles. The first kappa shape index (κ1) is 31.2. The molecule has 3 aromatic carbocycles. The number of benzene rings is 3. The van der Waals surface area contributed by atoms with Crippen LogP contribution in [-0.4, -0.2) is 41.0 Å². The van der Waals surface area contributed by atoms with Crippen molar-refractivity contribution in [1.29, 1.82) is 0 Å². The maximum atomic E-state index is 13.4. The van der Waals surface area contributed by atoms with Crippen LogP contribution in [0.4, 0.5) is 10.8 Å². The van der Waals surface area contributed by atoms with Gasteiger partial charge in [-0.2, -0.15) is 0 Å². The number of amides is 3. The van der Waals surface area contributed by atoms with Gasteiger partial charge in [-0.3, -0.25) is 19.2 Å². The number of anilines is 2. The monoisotopic (exact) mass is 614 g/mol. The van der Waals surface area contributed by atoms with Crippen molar-refractivity contribution in [2.24, 2.45) is 0 Å². The van der Waals surface area contributed by atoms with E-state index in [2.05, 4.69) is 20.9 Å². The van der Waals surface area contributed by atoms with Gasteiger partial charge in [-0.05, 0) is 61.4 Å². The lowest BCUT2D eigenvalue weighted by Crippen LogP contribution is -2.30. The normalized spacial score (nSPS) is 11.0. The molecular weight excluding hydrogens is 585 g/mol. The molecule has 220 valence electrons. The van der Waals surface area contributed by atoms with E-state index < -0.39 is 11.8 Å². The lowest BCUT2D eigenvalue weighted by molar-refractivity contribution is -0.142. The van der Waals surface area contributed by atoms with E-state index in [-0.39, 0.29) is 29.7 Å². The zero-order valence-corrected chi connectivity index (χ0v) is 25.2. The highest BCUT2D eigenvalue weighted by atomic mass is 32.2. The molecule has 0 unspecified atom stereocenters. The van der Waals surface area contributed by atoms with Crippen molar-refractivity contribution in [2.45, 2.75) is 25.2 Å². The second-order valence-corrected chi connectivity index (χ2v) is 11.1. The van der Waals surface area contributed by atoms with Gasteiger partial charge in [0, 0.05) is 21.5 Å². The van der Waals surface area contributed by atoms with E-state index in [0.717, 1.165) is 16.0 Å². The molecule has 3 amide bonds. The highest BCUT2D eigenvalue weighted by molar-refractivity contribution is 8.00. The Balaban J connectivity index is 1.39. The maximum Gasteiger partial charge on any atom is 0.311 e. The van der Waals surface area contributed by atoms with Gasteiger partial charge in [0.25, 0.3) is 11.8 Å². The SMILES string of the molecule is CCOC(=O)Cc1csc(NC(=O)CSc2cccc(NC(=O)/C(=C/c3ccccc3C)NC(=O)c3ccccc3)c2)n1. The van der Waals surface area contributed by atoms with Crippen LogP contribution in [0.15, 0.2) is 94.8 Å². The van der Waals surface area contributed by atoms with Gasteiger partial charge in [0.2, 0.25) is 5.91 Å². The predicted molar refractivity (Wildman–Crippen MR) is 170 cm³/mol. The number of carbonyl (C=O) groups excluding carboxylic acids is 4. The fourth-order valence-corrected chi connectivity index (χ4v) is 5.30. The molecule has 0 aliphatic rings. The van der Waals surface area contributed by atoms with E-state index in [4.69, 9.17) is 4.74 Å². The summed E-state index contributed by atoms with van der Waals surface area (Å²) in [5, 5.41) is 10.4. The first-order chi connectivity index (χ1) is 20.8. The number of thiazole rings is 1. The maximum absolute atomic E-state index is 13.4. The molecule has 3 N–H and O–H groups in total. The Hall–Kier alpha value is -4.74. The summed E-state index contributed by atoms with van der Waals surface area (Å²) in [4.78, 5) is 55.5. The van der Waals surface area contributed by atoms with Crippen molar-refractivity contribution in [1.82, 2.24) is 10.3 Å². The van der Waals surface area contributed by atoms with Crippen molar-refractivity contribution in [2.75, 3.05) is 23.0 Å². The van der Waals surface area contributed by atoms with E-state index >= 15 is 0 Å². The van der Waals surface area contributed by atoms with Crippen LogP contribution in [0.3, 0.4) is 0 Å². The summed E-state index contributed by atoms with van der Waals surface area (Å²) in [6, 6.07) is 23.3.